The lowest BCUT2D eigenvalue weighted by molar-refractivity contribution is -0.123. The molecule has 1 rings (SSSR count). The van der Waals surface area contributed by atoms with Crippen molar-refractivity contribution in [3.63, 3.8) is 0 Å². The summed E-state index contributed by atoms with van der Waals surface area (Å²) in [4.78, 5) is 11.3. The minimum Gasteiger partial charge on any atom is -0.374 e. The molecular formula is C14H22N2O2. The number of ether oxygens (including phenoxy) is 1. The van der Waals surface area contributed by atoms with Crippen LogP contribution in [0.15, 0.2) is 30.3 Å². The fraction of sp³-hybridized carbons (Fsp3) is 0.500. The monoisotopic (exact) mass is 250 g/mol. The number of primary amides is 1. The highest BCUT2D eigenvalue weighted by Crippen LogP contribution is 2.07. The van der Waals surface area contributed by atoms with Crippen LogP contribution in [0.1, 0.15) is 26.3 Å². The van der Waals surface area contributed by atoms with Crippen molar-refractivity contribution in [1.29, 1.82) is 0 Å². The third-order valence-corrected chi connectivity index (χ3v) is 2.42. The molecule has 0 aliphatic carbocycles. The van der Waals surface area contributed by atoms with Gasteiger partial charge in [0.25, 0.3) is 0 Å². The van der Waals surface area contributed by atoms with Crippen molar-refractivity contribution in [2.75, 3.05) is 6.61 Å². The molecule has 0 bridgehead atoms. The van der Waals surface area contributed by atoms with E-state index in [-0.39, 0.29) is 12.2 Å². The van der Waals surface area contributed by atoms with Gasteiger partial charge in [0.2, 0.25) is 5.91 Å². The zero-order valence-electron chi connectivity index (χ0n) is 11.3. The van der Waals surface area contributed by atoms with Gasteiger partial charge < -0.3 is 10.5 Å². The van der Waals surface area contributed by atoms with Crippen LogP contribution in [0.3, 0.4) is 0 Å². The Labute approximate surface area is 109 Å². The van der Waals surface area contributed by atoms with Crippen LogP contribution in [0.2, 0.25) is 0 Å². The fourth-order valence-corrected chi connectivity index (χ4v) is 1.41. The number of rotatable bonds is 6. The van der Waals surface area contributed by atoms with Gasteiger partial charge in [-0.15, -0.1) is 0 Å². The molecule has 0 saturated heterocycles. The summed E-state index contributed by atoms with van der Waals surface area (Å²) < 4.78 is 5.58. The van der Waals surface area contributed by atoms with E-state index in [1.54, 1.807) is 0 Å². The first-order valence-electron chi connectivity index (χ1n) is 6.09. The zero-order valence-corrected chi connectivity index (χ0v) is 11.3. The van der Waals surface area contributed by atoms with Crippen LogP contribution in [0.25, 0.3) is 0 Å². The Balaban J connectivity index is 2.46. The average Bonchev–Trinajstić information content (AvgIpc) is 2.28. The van der Waals surface area contributed by atoms with E-state index in [0.717, 1.165) is 5.56 Å². The van der Waals surface area contributed by atoms with Gasteiger partial charge >= 0.3 is 0 Å². The minimum absolute atomic E-state index is 0.276. The summed E-state index contributed by atoms with van der Waals surface area (Å²) >= 11 is 0. The van der Waals surface area contributed by atoms with Gasteiger partial charge in [-0.1, -0.05) is 30.3 Å². The molecule has 0 unspecified atom stereocenters. The van der Waals surface area contributed by atoms with Crippen molar-refractivity contribution in [3.8, 4) is 0 Å². The average molecular weight is 250 g/mol. The summed E-state index contributed by atoms with van der Waals surface area (Å²) in [5.74, 6) is -0.393. The maximum Gasteiger partial charge on any atom is 0.236 e. The molecule has 100 valence electrons. The van der Waals surface area contributed by atoms with E-state index < -0.39 is 11.9 Å². The first kappa shape index (κ1) is 14.7. The summed E-state index contributed by atoms with van der Waals surface area (Å²) in [5.41, 5.74) is 6.18. The van der Waals surface area contributed by atoms with Crippen LogP contribution in [-0.4, -0.2) is 24.2 Å². The maximum atomic E-state index is 11.3. The van der Waals surface area contributed by atoms with Gasteiger partial charge in [0, 0.05) is 6.54 Å². The highest BCUT2D eigenvalue weighted by atomic mass is 16.5. The summed E-state index contributed by atoms with van der Waals surface area (Å²) in [6.45, 7) is 6.72. The molecule has 0 heterocycles. The van der Waals surface area contributed by atoms with Crippen molar-refractivity contribution in [2.45, 2.75) is 39.0 Å². The van der Waals surface area contributed by atoms with Crippen molar-refractivity contribution in [2.24, 2.45) is 5.73 Å². The van der Waals surface area contributed by atoms with E-state index in [0.29, 0.717) is 6.54 Å². The molecule has 1 aromatic rings. The van der Waals surface area contributed by atoms with Gasteiger partial charge in [-0.05, 0) is 26.3 Å². The fourth-order valence-electron chi connectivity index (χ4n) is 1.41. The van der Waals surface area contributed by atoms with Crippen LogP contribution in [-0.2, 0) is 16.1 Å². The Morgan fingerprint density at radius 3 is 2.44 bits per heavy atom. The standard InChI is InChI=1S/C14H22N2O2/c1-14(2,3)18-10-12(13(15)17)16-9-11-7-5-4-6-8-11/h4-8,12,16H,9-10H2,1-3H3,(H2,15,17)/t12-/m1/s1. The Bertz CT molecular complexity index is 371. The van der Waals surface area contributed by atoms with Crippen LogP contribution in [0.5, 0.6) is 0 Å². The number of nitrogens with two attached hydrogens (primary N) is 1. The van der Waals surface area contributed by atoms with E-state index in [1.807, 2.05) is 51.1 Å². The Kier molecular flexibility index (Phi) is 5.31. The van der Waals surface area contributed by atoms with Gasteiger partial charge in [0.1, 0.15) is 6.04 Å². The highest BCUT2D eigenvalue weighted by Gasteiger charge is 2.19. The van der Waals surface area contributed by atoms with Crippen molar-refractivity contribution >= 4 is 5.91 Å². The first-order valence-corrected chi connectivity index (χ1v) is 6.09. The number of hydrogen-bond acceptors (Lipinski definition) is 3. The number of nitrogens with one attached hydrogen (secondary N) is 1. The quantitative estimate of drug-likeness (QED) is 0.803. The van der Waals surface area contributed by atoms with Crippen molar-refractivity contribution < 1.29 is 9.53 Å². The molecule has 0 spiro atoms. The lowest BCUT2D eigenvalue weighted by atomic mass is 10.2. The van der Waals surface area contributed by atoms with E-state index in [1.165, 1.54) is 0 Å². The zero-order chi connectivity index (χ0) is 13.6. The van der Waals surface area contributed by atoms with Gasteiger partial charge in [0.05, 0.1) is 12.2 Å². The number of hydrogen-bond donors (Lipinski definition) is 2. The minimum atomic E-state index is -0.468. The Morgan fingerprint density at radius 2 is 1.94 bits per heavy atom. The molecule has 0 radical (unpaired) electrons. The topological polar surface area (TPSA) is 64.3 Å². The SMILES string of the molecule is CC(C)(C)OC[C@@H](NCc1ccccc1)C(N)=O. The molecule has 0 saturated carbocycles. The lowest BCUT2D eigenvalue weighted by Gasteiger charge is -2.23. The predicted molar refractivity (Wildman–Crippen MR) is 72.0 cm³/mol. The molecule has 0 aromatic heterocycles. The Hall–Kier alpha value is -1.39. The molecule has 18 heavy (non-hydrogen) atoms. The summed E-state index contributed by atoms with van der Waals surface area (Å²) in [6, 6.07) is 9.40. The molecule has 1 atom stereocenters. The number of benzene rings is 1. The molecule has 3 N–H and O–H groups in total. The van der Waals surface area contributed by atoms with Crippen LogP contribution >= 0.6 is 0 Å². The van der Waals surface area contributed by atoms with Crippen LogP contribution in [0, 0.1) is 0 Å². The molecule has 4 heteroatoms. The smallest absolute Gasteiger partial charge is 0.236 e. The second-order valence-corrected chi connectivity index (χ2v) is 5.24. The van der Waals surface area contributed by atoms with Crippen molar-refractivity contribution in [3.05, 3.63) is 35.9 Å². The van der Waals surface area contributed by atoms with Gasteiger partial charge in [0.15, 0.2) is 0 Å². The van der Waals surface area contributed by atoms with E-state index >= 15 is 0 Å². The molecule has 0 fully saturated rings. The third kappa shape index (κ3) is 5.80. The number of carbonyl (C=O) groups is 1. The molecule has 0 aliphatic heterocycles. The van der Waals surface area contributed by atoms with Gasteiger partial charge in [-0.25, -0.2) is 0 Å². The van der Waals surface area contributed by atoms with Crippen LogP contribution in [0.4, 0.5) is 0 Å². The second kappa shape index (κ2) is 6.52. The number of amides is 1. The van der Waals surface area contributed by atoms with Crippen molar-refractivity contribution in [1.82, 2.24) is 5.32 Å². The largest absolute Gasteiger partial charge is 0.374 e. The van der Waals surface area contributed by atoms with E-state index in [2.05, 4.69) is 5.32 Å². The second-order valence-electron chi connectivity index (χ2n) is 5.24. The predicted octanol–water partition coefficient (Wildman–Crippen LogP) is 1.45. The third-order valence-electron chi connectivity index (χ3n) is 2.42. The molecule has 0 aliphatic rings. The lowest BCUT2D eigenvalue weighted by Crippen LogP contribution is -2.45. The maximum absolute atomic E-state index is 11.3. The molecular weight excluding hydrogens is 228 g/mol. The van der Waals surface area contributed by atoms with E-state index in [4.69, 9.17) is 10.5 Å². The van der Waals surface area contributed by atoms with Crippen LogP contribution < -0.4 is 11.1 Å². The van der Waals surface area contributed by atoms with E-state index in [9.17, 15) is 4.79 Å². The highest BCUT2D eigenvalue weighted by molar-refractivity contribution is 5.80. The summed E-state index contributed by atoms with van der Waals surface area (Å²) in [7, 11) is 0. The summed E-state index contributed by atoms with van der Waals surface area (Å²) in [5, 5.41) is 3.11. The molecule has 1 amide bonds. The normalized spacial score (nSPS) is 13.3. The molecule has 1 aromatic carbocycles. The van der Waals surface area contributed by atoms with Gasteiger partial charge in [-0.3, -0.25) is 10.1 Å². The summed E-state index contributed by atoms with van der Waals surface area (Å²) in [6.07, 6.45) is 0. The number of carbonyl (C=O) groups excluding carboxylic acids is 1. The van der Waals surface area contributed by atoms with Gasteiger partial charge in [-0.2, -0.15) is 0 Å². The Morgan fingerprint density at radius 1 is 1.33 bits per heavy atom. The molecule has 4 nitrogen and oxygen atoms in total. The first-order chi connectivity index (χ1) is 8.38.